The van der Waals surface area contributed by atoms with E-state index in [9.17, 15) is 0 Å². The van der Waals surface area contributed by atoms with Crippen LogP contribution in [0.1, 0.15) is 31.5 Å². The van der Waals surface area contributed by atoms with Gasteiger partial charge in [-0.25, -0.2) is 9.97 Å². The molecule has 0 aliphatic carbocycles. The number of rotatable bonds is 7. The van der Waals surface area contributed by atoms with Gasteiger partial charge in [0, 0.05) is 12.3 Å². The van der Waals surface area contributed by atoms with Crippen LogP contribution >= 0.6 is 0 Å². The van der Waals surface area contributed by atoms with Crippen LogP contribution in [0.2, 0.25) is 0 Å². The van der Waals surface area contributed by atoms with Crippen LogP contribution in [-0.2, 0) is 13.0 Å². The summed E-state index contributed by atoms with van der Waals surface area (Å²) in [6.07, 6.45) is 5.25. The number of aromatic nitrogens is 3. The zero-order valence-electron chi connectivity index (χ0n) is 12.0. The second kappa shape index (κ2) is 7.43. The number of nitrogens with one attached hydrogen (secondary N) is 1. The molecule has 0 fully saturated rings. The van der Waals surface area contributed by atoms with Crippen molar-refractivity contribution in [2.45, 2.75) is 33.2 Å². The molecular formula is C15H20N4O. The Bertz CT molecular complexity index is 545. The molecular weight excluding hydrogens is 252 g/mol. The summed E-state index contributed by atoms with van der Waals surface area (Å²) < 4.78 is 5.49. The first-order valence-corrected chi connectivity index (χ1v) is 6.95. The zero-order valence-corrected chi connectivity index (χ0v) is 12.0. The molecule has 0 atom stereocenters. The van der Waals surface area contributed by atoms with Crippen LogP contribution < -0.4 is 10.1 Å². The van der Waals surface area contributed by atoms with Crippen LogP contribution in [0.5, 0.6) is 5.88 Å². The van der Waals surface area contributed by atoms with Gasteiger partial charge >= 0.3 is 0 Å². The van der Waals surface area contributed by atoms with Gasteiger partial charge in [0.2, 0.25) is 5.88 Å². The first-order valence-electron chi connectivity index (χ1n) is 6.95. The van der Waals surface area contributed by atoms with Gasteiger partial charge in [0.15, 0.2) is 0 Å². The standard InChI is InChI=1S/C15H20N4O/c1-3-8-20-15-9-14(18-11-19-15)17-10-13-12(4-2)6-5-7-16-13/h5-7,9,11H,3-4,8,10H2,1-2H3,(H,17,18,19). The van der Waals surface area contributed by atoms with Crippen molar-refractivity contribution in [3.05, 3.63) is 42.0 Å². The highest BCUT2D eigenvalue weighted by atomic mass is 16.5. The summed E-state index contributed by atoms with van der Waals surface area (Å²) in [7, 11) is 0. The highest BCUT2D eigenvalue weighted by Crippen LogP contribution is 2.13. The lowest BCUT2D eigenvalue weighted by atomic mass is 10.1. The number of ether oxygens (including phenoxy) is 1. The van der Waals surface area contributed by atoms with E-state index in [0.717, 1.165) is 24.4 Å². The molecule has 5 heteroatoms. The molecule has 1 N–H and O–H groups in total. The van der Waals surface area contributed by atoms with E-state index in [1.807, 2.05) is 18.3 Å². The third kappa shape index (κ3) is 3.91. The summed E-state index contributed by atoms with van der Waals surface area (Å²) in [5.41, 5.74) is 2.29. The number of hydrogen-bond donors (Lipinski definition) is 1. The van der Waals surface area contributed by atoms with Crippen molar-refractivity contribution < 1.29 is 4.74 Å². The molecule has 0 bridgehead atoms. The van der Waals surface area contributed by atoms with Gasteiger partial charge in [-0.3, -0.25) is 4.98 Å². The third-order valence-electron chi connectivity index (χ3n) is 2.90. The van der Waals surface area contributed by atoms with Gasteiger partial charge in [-0.15, -0.1) is 0 Å². The van der Waals surface area contributed by atoms with E-state index in [4.69, 9.17) is 4.74 Å². The quantitative estimate of drug-likeness (QED) is 0.839. The Hall–Kier alpha value is -2.17. The smallest absolute Gasteiger partial charge is 0.218 e. The van der Waals surface area contributed by atoms with Gasteiger partial charge < -0.3 is 10.1 Å². The predicted octanol–water partition coefficient (Wildman–Crippen LogP) is 2.83. The van der Waals surface area contributed by atoms with E-state index >= 15 is 0 Å². The lowest BCUT2D eigenvalue weighted by Gasteiger charge is -2.09. The van der Waals surface area contributed by atoms with Crippen LogP contribution in [0.25, 0.3) is 0 Å². The Labute approximate surface area is 119 Å². The number of hydrogen-bond acceptors (Lipinski definition) is 5. The number of aryl methyl sites for hydroxylation is 1. The summed E-state index contributed by atoms with van der Waals surface area (Å²) in [6, 6.07) is 5.87. The van der Waals surface area contributed by atoms with Crippen molar-refractivity contribution in [2.75, 3.05) is 11.9 Å². The maximum Gasteiger partial charge on any atom is 0.218 e. The summed E-state index contributed by atoms with van der Waals surface area (Å²) in [6.45, 7) is 5.50. The fourth-order valence-electron chi connectivity index (χ4n) is 1.85. The Balaban J connectivity index is 1.99. The molecule has 0 amide bonds. The maximum atomic E-state index is 5.49. The minimum atomic E-state index is 0.598. The summed E-state index contributed by atoms with van der Waals surface area (Å²) in [5.74, 6) is 1.35. The molecule has 0 aliphatic rings. The molecule has 0 aromatic carbocycles. The largest absolute Gasteiger partial charge is 0.478 e. The fourth-order valence-corrected chi connectivity index (χ4v) is 1.85. The molecule has 0 radical (unpaired) electrons. The Morgan fingerprint density at radius 3 is 2.90 bits per heavy atom. The van der Waals surface area contributed by atoms with Crippen LogP contribution in [0.4, 0.5) is 5.82 Å². The lowest BCUT2D eigenvalue weighted by molar-refractivity contribution is 0.305. The van der Waals surface area contributed by atoms with Gasteiger partial charge in [-0.1, -0.05) is 19.9 Å². The lowest BCUT2D eigenvalue weighted by Crippen LogP contribution is -2.07. The summed E-state index contributed by atoms with van der Waals surface area (Å²) in [4.78, 5) is 12.7. The topological polar surface area (TPSA) is 59.9 Å². The Kier molecular flexibility index (Phi) is 5.29. The summed E-state index contributed by atoms with van der Waals surface area (Å²) >= 11 is 0. The SMILES string of the molecule is CCCOc1cc(NCc2ncccc2CC)ncn1. The van der Waals surface area contributed by atoms with Crippen molar-refractivity contribution in [1.82, 2.24) is 15.0 Å². The molecule has 106 valence electrons. The molecule has 0 unspecified atom stereocenters. The molecule has 0 aliphatic heterocycles. The van der Waals surface area contributed by atoms with E-state index < -0.39 is 0 Å². The highest BCUT2D eigenvalue weighted by molar-refractivity contribution is 5.38. The molecule has 0 saturated heterocycles. The minimum absolute atomic E-state index is 0.598. The van der Waals surface area contributed by atoms with Crippen molar-refractivity contribution in [3.8, 4) is 5.88 Å². The van der Waals surface area contributed by atoms with Gasteiger partial charge in [0.1, 0.15) is 12.1 Å². The molecule has 0 spiro atoms. The first-order chi connectivity index (χ1) is 9.83. The van der Waals surface area contributed by atoms with Crippen molar-refractivity contribution in [1.29, 1.82) is 0 Å². The van der Waals surface area contributed by atoms with Crippen LogP contribution in [0.3, 0.4) is 0 Å². The Morgan fingerprint density at radius 2 is 2.10 bits per heavy atom. The molecule has 5 nitrogen and oxygen atoms in total. The van der Waals surface area contributed by atoms with E-state index in [0.29, 0.717) is 19.0 Å². The fraction of sp³-hybridized carbons (Fsp3) is 0.400. The minimum Gasteiger partial charge on any atom is -0.478 e. The first kappa shape index (κ1) is 14.2. The second-order valence-corrected chi connectivity index (χ2v) is 4.41. The average molecular weight is 272 g/mol. The van der Waals surface area contributed by atoms with Crippen molar-refractivity contribution >= 4 is 5.82 Å². The van der Waals surface area contributed by atoms with E-state index in [1.54, 1.807) is 0 Å². The van der Waals surface area contributed by atoms with Gasteiger partial charge in [0.05, 0.1) is 18.8 Å². The maximum absolute atomic E-state index is 5.49. The van der Waals surface area contributed by atoms with E-state index in [-0.39, 0.29) is 0 Å². The summed E-state index contributed by atoms with van der Waals surface area (Å²) in [5, 5.41) is 3.26. The predicted molar refractivity (Wildman–Crippen MR) is 78.8 cm³/mol. The van der Waals surface area contributed by atoms with Crippen LogP contribution in [0.15, 0.2) is 30.7 Å². The van der Waals surface area contributed by atoms with E-state index in [2.05, 4.69) is 40.2 Å². The number of anilines is 1. The molecule has 2 aromatic heterocycles. The van der Waals surface area contributed by atoms with Gasteiger partial charge in [0.25, 0.3) is 0 Å². The van der Waals surface area contributed by atoms with Crippen molar-refractivity contribution in [3.63, 3.8) is 0 Å². The normalized spacial score (nSPS) is 10.3. The molecule has 2 rings (SSSR count). The second-order valence-electron chi connectivity index (χ2n) is 4.41. The highest BCUT2D eigenvalue weighted by Gasteiger charge is 2.03. The van der Waals surface area contributed by atoms with E-state index in [1.165, 1.54) is 11.9 Å². The number of pyridine rings is 1. The monoisotopic (exact) mass is 272 g/mol. The zero-order chi connectivity index (χ0) is 14.2. The average Bonchev–Trinajstić information content (AvgIpc) is 2.51. The van der Waals surface area contributed by atoms with Crippen LogP contribution in [-0.4, -0.2) is 21.6 Å². The molecule has 2 heterocycles. The van der Waals surface area contributed by atoms with Crippen molar-refractivity contribution in [2.24, 2.45) is 0 Å². The van der Waals surface area contributed by atoms with Crippen LogP contribution in [0, 0.1) is 0 Å². The molecule has 2 aromatic rings. The van der Waals surface area contributed by atoms with Gasteiger partial charge in [-0.2, -0.15) is 0 Å². The molecule has 0 saturated carbocycles. The van der Waals surface area contributed by atoms with Gasteiger partial charge in [-0.05, 0) is 24.5 Å². The molecule has 20 heavy (non-hydrogen) atoms. The third-order valence-corrected chi connectivity index (χ3v) is 2.90. The number of nitrogens with zero attached hydrogens (tertiary/aromatic N) is 3. The Morgan fingerprint density at radius 1 is 1.20 bits per heavy atom.